The molecule has 5 heteroatoms. The molecule has 142 valence electrons. The van der Waals surface area contributed by atoms with Crippen molar-refractivity contribution < 1.29 is 15.0 Å². The molecule has 2 unspecified atom stereocenters. The molecule has 0 heterocycles. The predicted molar refractivity (Wildman–Crippen MR) is 109 cm³/mol. The van der Waals surface area contributed by atoms with Crippen LogP contribution in [0.1, 0.15) is 46.6 Å². The molecule has 0 fully saturated rings. The summed E-state index contributed by atoms with van der Waals surface area (Å²) in [5.41, 5.74) is 4.32. The Morgan fingerprint density at radius 1 is 1.04 bits per heavy atom. The van der Waals surface area contributed by atoms with Gasteiger partial charge in [-0.15, -0.1) is 0 Å². The lowest BCUT2D eigenvalue weighted by Gasteiger charge is -2.38. The van der Waals surface area contributed by atoms with Gasteiger partial charge in [-0.1, -0.05) is 41.9 Å². The third kappa shape index (κ3) is 4.27. The Hall–Kier alpha value is -1.43. The zero-order chi connectivity index (χ0) is 19.6. The second-order valence-corrected chi connectivity index (χ2v) is 8.27. The van der Waals surface area contributed by atoms with E-state index >= 15 is 0 Å². The average molecular weight is 422 g/mol. The minimum absolute atomic E-state index is 0.118. The summed E-state index contributed by atoms with van der Waals surface area (Å²) in [4.78, 5) is 12.6. The van der Waals surface area contributed by atoms with E-state index in [-0.39, 0.29) is 12.3 Å². The van der Waals surface area contributed by atoms with Crippen molar-refractivity contribution in [3.05, 3.63) is 52.1 Å². The molecular weight excluding hydrogens is 394 g/mol. The van der Waals surface area contributed by atoms with Gasteiger partial charge >= 0.3 is 0 Å². The van der Waals surface area contributed by atoms with Crippen LogP contribution in [0.2, 0.25) is 0 Å². The molecule has 0 aliphatic heterocycles. The number of hydrogen-bond acceptors (Lipinski definition) is 3. The van der Waals surface area contributed by atoms with Gasteiger partial charge in [-0.05, 0) is 66.2 Å². The average Bonchev–Trinajstić information content (AvgIpc) is 2.58. The maximum absolute atomic E-state index is 12.6. The van der Waals surface area contributed by atoms with E-state index in [0.717, 1.165) is 38.9 Å². The third-order valence-corrected chi connectivity index (χ3v) is 5.92. The van der Waals surface area contributed by atoms with Crippen molar-refractivity contribution in [2.24, 2.45) is 5.41 Å². The number of alkyl halides is 1. The molecule has 1 aromatic rings. The van der Waals surface area contributed by atoms with E-state index in [1.165, 1.54) is 0 Å². The molecular formula is C21H28BrNO3. The van der Waals surface area contributed by atoms with Crippen molar-refractivity contribution in [1.82, 2.24) is 0 Å². The number of aliphatic hydroxyl groups excluding tert-OH is 2. The van der Waals surface area contributed by atoms with Crippen LogP contribution in [0.4, 0.5) is 5.69 Å². The summed E-state index contributed by atoms with van der Waals surface area (Å²) in [6.07, 6.45) is -1.25. The minimum atomic E-state index is -0.764. The first-order valence-corrected chi connectivity index (χ1v) is 9.90. The van der Waals surface area contributed by atoms with Gasteiger partial charge in [0.2, 0.25) is 5.91 Å². The monoisotopic (exact) mass is 421 g/mol. The van der Waals surface area contributed by atoms with Crippen LogP contribution in [0.5, 0.6) is 0 Å². The van der Waals surface area contributed by atoms with Crippen LogP contribution >= 0.6 is 15.9 Å². The minimum Gasteiger partial charge on any atom is -0.384 e. The zero-order valence-electron chi connectivity index (χ0n) is 16.1. The number of carbonyl (C=O) groups is 1. The standard InChI is InChI=1S/C21H28BrNO3/c1-12-13(2)20(26)18(14(3)19(12)25)21(4,5)10-17(24)23-16-8-6-15(11-22)7-9-16/h6-9,19-20,25-26H,10-11H2,1-5H3,(H,23,24). The quantitative estimate of drug-likeness (QED) is 0.489. The van der Waals surface area contributed by atoms with Gasteiger partial charge in [0, 0.05) is 17.4 Å². The second kappa shape index (κ2) is 8.07. The maximum atomic E-state index is 12.6. The Kier molecular flexibility index (Phi) is 6.48. The van der Waals surface area contributed by atoms with E-state index in [1.807, 2.05) is 58.9 Å². The molecule has 1 amide bonds. The predicted octanol–water partition coefficient (Wildman–Crippen LogP) is 4.32. The molecule has 0 aromatic heterocycles. The summed E-state index contributed by atoms with van der Waals surface area (Å²) in [6.45, 7) is 9.36. The highest BCUT2D eigenvalue weighted by Gasteiger charge is 2.38. The Bertz CT molecular complexity index is 747. The summed E-state index contributed by atoms with van der Waals surface area (Å²) in [5, 5.41) is 24.9. The van der Waals surface area contributed by atoms with Crippen LogP contribution < -0.4 is 5.32 Å². The van der Waals surface area contributed by atoms with Gasteiger partial charge in [0.05, 0.1) is 12.2 Å². The smallest absolute Gasteiger partial charge is 0.225 e. The lowest BCUT2D eigenvalue weighted by Crippen LogP contribution is -2.36. The summed E-state index contributed by atoms with van der Waals surface area (Å²) in [7, 11) is 0. The van der Waals surface area contributed by atoms with Crippen LogP contribution in [0, 0.1) is 5.41 Å². The van der Waals surface area contributed by atoms with E-state index in [2.05, 4.69) is 21.2 Å². The number of carbonyl (C=O) groups excluding carboxylic acids is 1. The van der Waals surface area contributed by atoms with E-state index in [9.17, 15) is 15.0 Å². The van der Waals surface area contributed by atoms with Gasteiger partial charge in [0.1, 0.15) is 0 Å². The van der Waals surface area contributed by atoms with Crippen molar-refractivity contribution >= 4 is 27.5 Å². The molecule has 2 atom stereocenters. The van der Waals surface area contributed by atoms with Gasteiger partial charge in [0.15, 0.2) is 0 Å². The highest BCUT2D eigenvalue weighted by molar-refractivity contribution is 9.08. The summed E-state index contributed by atoms with van der Waals surface area (Å²) in [6, 6.07) is 7.67. The molecule has 26 heavy (non-hydrogen) atoms. The highest BCUT2D eigenvalue weighted by atomic mass is 79.9. The van der Waals surface area contributed by atoms with Crippen LogP contribution in [0.3, 0.4) is 0 Å². The fourth-order valence-corrected chi connectivity index (χ4v) is 3.99. The largest absolute Gasteiger partial charge is 0.384 e. The first kappa shape index (κ1) is 20.9. The Labute approximate surface area is 164 Å². The molecule has 0 bridgehead atoms. The summed E-state index contributed by atoms with van der Waals surface area (Å²) >= 11 is 3.40. The molecule has 0 spiro atoms. The van der Waals surface area contributed by atoms with E-state index in [4.69, 9.17) is 0 Å². The third-order valence-electron chi connectivity index (χ3n) is 5.27. The molecule has 3 N–H and O–H groups in total. The van der Waals surface area contributed by atoms with Crippen LogP contribution in [0.15, 0.2) is 46.6 Å². The first-order valence-electron chi connectivity index (χ1n) is 8.77. The van der Waals surface area contributed by atoms with Crippen molar-refractivity contribution in [2.45, 2.75) is 58.6 Å². The lowest BCUT2D eigenvalue weighted by molar-refractivity contribution is -0.117. The normalized spacial score (nSPS) is 21.2. The number of rotatable bonds is 5. The number of aliphatic hydroxyl groups is 2. The van der Waals surface area contributed by atoms with E-state index < -0.39 is 17.6 Å². The van der Waals surface area contributed by atoms with Gasteiger partial charge in [-0.25, -0.2) is 0 Å². The Balaban J connectivity index is 2.17. The Morgan fingerprint density at radius 3 is 2.12 bits per heavy atom. The van der Waals surface area contributed by atoms with Crippen molar-refractivity contribution in [3.63, 3.8) is 0 Å². The van der Waals surface area contributed by atoms with Gasteiger partial charge in [0.25, 0.3) is 0 Å². The van der Waals surface area contributed by atoms with Crippen LogP contribution in [-0.4, -0.2) is 28.3 Å². The molecule has 4 nitrogen and oxygen atoms in total. The van der Waals surface area contributed by atoms with Gasteiger partial charge in [-0.3, -0.25) is 4.79 Å². The Morgan fingerprint density at radius 2 is 1.58 bits per heavy atom. The number of anilines is 1. The SMILES string of the molecule is CC1=C(C)C(O)C(C(C)(C)CC(=O)Nc2ccc(CBr)cc2)=C(C)C1O. The summed E-state index contributed by atoms with van der Waals surface area (Å²) in [5.74, 6) is -0.118. The molecule has 0 radical (unpaired) electrons. The van der Waals surface area contributed by atoms with Crippen molar-refractivity contribution in [2.75, 3.05) is 5.32 Å². The van der Waals surface area contributed by atoms with E-state index in [1.54, 1.807) is 0 Å². The lowest BCUT2D eigenvalue weighted by atomic mass is 9.70. The molecule has 1 aliphatic rings. The van der Waals surface area contributed by atoms with Crippen molar-refractivity contribution in [1.29, 1.82) is 0 Å². The van der Waals surface area contributed by atoms with Gasteiger partial charge in [-0.2, -0.15) is 0 Å². The zero-order valence-corrected chi connectivity index (χ0v) is 17.6. The topological polar surface area (TPSA) is 69.6 Å². The van der Waals surface area contributed by atoms with Crippen molar-refractivity contribution in [3.8, 4) is 0 Å². The number of benzene rings is 1. The molecule has 1 aliphatic carbocycles. The molecule has 0 saturated heterocycles. The summed E-state index contributed by atoms with van der Waals surface area (Å²) < 4.78 is 0. The van der Waals surface area contributed by atoms with Crippen LogP contribution in [0.25, 0.3) is 0 Å². The second-order valence-electron chi connectivity index (χ2n) is 7.71. The molecule has 2 rings (SSSR count). The number of amides is 1. The number of hydrogen-bond donors (Lipinski definition) is 3. The molecule has 0 saturated carbocycles. The van der Waals surface area contributed by atoms with E-state index in [0.29, 0.717) is 0 Å². The fraction of sp³-hybridized carbons (Fsp3) is 0.476. The number of halogens is 1. The number of nitrogens with one attached hydrogen (secondary N) is 1. The maximum Gasteiger partial charge on any atom is 0.225 e. The molecule has 1 aromatic carbocycles. The highest BCUT2D eigenvalue weighted by Crippen LogP contribution is 2.42. The van der Waals surface area contributed by atoms with Gasteiger partial charge < -0.3 is 15.5 Å². The fourth-order valence-electron chi connectivity index (χ4n) is 3.62. The van der Waals surface area contributed by atoms with Crippen LogP contribution in [-0.2, 0) is 10.1 Å². The first-order chi connectivity index (χ1) is 12.1.